The van der Waals surface area contributed by atoms with E-state index in [9.17, 15) is 14.4 Å². The molecular formula is C18H27N3O4. The van der Waals surface area contributed by atoms with Crippen molar-refractivity contribution in [3.63, 3.8) is 0 Å². The number of nitrogens with zero attached hydrogens (tertiary/aromatic N) is 2. The molecule has 0 saturated carbocycles. The summed E-state index contributed by atoms with van der Waals surface area (Å²) in [6, 6.07) is 0. The summed E-state index contributed by atoms with van der Waals surface area (Å²) in [6.45, 7) is 7.04. The monoisotopic (exact) mass is 349 g/mol. The summed E-state index contributed by atoms with van der Waals surface area (Å²) < 4.78 is 5.10. The van der Waals surface area contributed by atoms with Gasteiger partial charge in [0.2, 0.25) is 0 Å². The second-order valence-electron chi connectivity index (χ2n) is 6.89. The van der Waals surface area contributed by atoms with Crippen molar-refractivity contribution in [2.75, 3.05) is 56.1 Å². The number of piperidine rings is 1. The van der Waals surface area contributed by atoms with E-state index in [1.807, 2.05) is 4.90 Å². The third kappa shape index (κ3) is 3.86. The first-order valence-corrected chi connectivity index (χ1v) is 9.33. The van der Waals surface area contributed by atoms with Crippen LogP contribution in [0.15, 0.2) is 9.59 Å². The van der Waals surface area contributed by atoms with Gasteiger partial charge in [0, 0.05) is 26.2 Å². The van der Waals surface area contributed by atoms with Gasteiger partial charge in [0.05, 0.1) is 12.5 Å². The largest absolute Gasteiger partial charge is 0.466 e. The van der Waals surface area contributed by atoms with E-state index in [1.54, 1.807) is 6.92 Å². The minimum absolute atomic E-state index is 0.213. The van der Waals surface area contributed by atoms with Gasteiger partial charge >= 0.3 is 5.97 Å². The molecule has 2 heterocycles. The van der Waals surface area contributed by atoms with Crippen molar-refractivity contribution in [2.24, 2.45) is 5.92 Å². The molecule has 0 bridgehead atoms. The van der Waals surface area contributed by atoms with Crippen LogP contribution in [0.3, 0.4) is 0 Å². The lowest BCUT2D eigenvalue weighted by atomic mass is 9.96. The van der Waals surface area contributed by atoms with E-state index in [2.05, 4.69) is 10.2 Å². The number of carbonyl (C=O) groups is 1. The van der Waals surface area contributed by atoms with Crippen LogP contribution in [0.4, 0.5) is 11.4 Å². The van der Waals surface area contributed by atoms with E-state index in [-0.39, 0.29) is 11.9 Å². The summed E-state index contributed by atoms with van der Waals surface area (Å²) in [5.74, 6) is -0.440. The number of likely N-dealkylation sites (tertiary alicyclic amines) is 1. The molecule has 1 N–H and O–H groups in total. The Kier molecular flexibility index (Phi) is 5.73. The van der Waals surface area contributed by atoms with Crippen LogP contribution < -0.4 is 21.1 Å². The molecule has 0 radical (unpaired) electrons. The molecule has 2 aliphatic rings. The molecule has 1 aromatic rings. The Labute approximate surface area is 147 Å². The molecular weight excluding hydrogens is 322 g/mol. The summed E-state index contributed by atoms with van der Waals surface area (Å²) in [5, 5.41) is 3.15. The highest BCUT2D eigenvalue weighted by Crippen LogP contribution is 2.27. The minimum atomic E-state index is -0.437. The lowest BCUT2D eigenvalue weighted by Crippen LogP contribution is -2.48. The third-order valence-corrected chi connectivity index (χ3v) is 5.17. The molecule has 2 saturated heterocycles. The lowest BCUT2D eigenvalue weighted by Gasteiger charge is -2.34. The maximum atomic E-state index is 12.1. The highest BCUT2D eigenvalue weighted by atomic mass is 16.5. The first kappa shape index (κ1) is 17.9. The average Bonchev–Trinajstić information content (AvgIpc) is 3.14. The number of ether oxygens (including phenoxy) is 1. The fourth-order valence-electron chi connectivity index (χ4n) is 3.82. The van der Waals surface area contributed by atoms with Crippen LogP contribution in [0.5, 0.6) is 0 Å². The third-order valence-electron chi connectivity index (χ3n) is 5.17. The molecule has 25 heavy (non-hydrogen) atoms. The summed E-state index contributed by atoms with van der Waals surface area (Å²) in [7, 11) is 0. The Morgan fingerprint density at radius 3 is 2.64 bits per heavy atom. The van der Waals surface area contributed by atoms with E-state index in [4.69, 9.17) is 4.74 Å². The van der Waals surface area contributed by atoms with Crippen LogP contribution in [0.1, 0.15) is 32.6 Å². The molecule has 2 aliphatic heterocycles. The van der Waals surface area contributed by atoms with E-state index < -0.39 is 10.9 Å². The van der Waals surface area contributed by atoms with Gasteiger partial charge < -0.3 is 19.9 Å². The SMILES string of the molecule is CCOC(=O)[C@@H]1CCCN(c2c(NCCN3CCCC3)c(=O)c2=O)C1. The van der Waals surface area contributed by atoms with Crippen molar-refractivity contribution in [3.8, 4) is 0 Å². The van der Waals surface area contributed by atoms with Gasteiger partial charge in [0.25, 0.3) is 10.9 Å². The number of hydrogen-bond donors (Lipinski definition) is 1. The van der Waals surface area contributed by atoms with Crippen molar-refractivity contribution in [3.05, 3.63) is 20.4 Å². The van der Waals surface area contributed by atoms with Gasteiger partial charge in [-0.05, 0) is 45.7 Å². The summed E-state index contributed by atoms with van der Waals surface area (Å²) in [4.78, 5) is 40.3. The molecule has 0 unspecified atom stereocenters. The predicted molar refractivity (Wildman–Crippen MR) is 97.1 cm³/mol. The Bertz CT molecular complexity index is 674. The summed E-state index contributed by atoms with van der Waals surface area (Å²) in [5.41, 5.74) is 0.0111. The lowest BCUT2D eigenvalue weighted by molar-refractivity contribution is -0.148. The second-order valence-corrected chi connectivity index (χ2v) is 6.89. The Balaban J connectivity index is 1.61. The minimum Gasteiger partial charge on any atom is -0.466 e. The van der Waals surface area contributed by atoms with E-state index in [1.165, 1.54) is 12.8 Å². The van der Waals surface area contributed by atoms with Crippen LogP contribution in [-0.2, 0) is 9.53 Å². The summed E-state index contributed by atoms with van der Waals surface area (Å²) >= 11 is 0. The Morgan fingerprint density at radius 2 is 1.92 bits per heavy atom. The zero-order chi connectivity index (χ0) is 17.8. The quantitative estimate of drug-likeness (QED) is 0.569. The highest BCUT2D eigenvalue weighted by Gasteiger charge is 2.32. The van der Waals surface area contributed by atoms with Crippen molar-refractivity contribution in [1.29, 1.82) is 0 Å². The smallest absolute Gasteiger partial charge is 0.310 e. The zero-order valence-corrected chi connectivity index (χ0v) is 14.9. The molecule has 0 amide bonds. The number of carbonyl (C=O) groups excluding carboxylic acids is 1. The van der Waals surface area contributed by atoms with Crippen LogP contribution in [-0.4, -0.2) is 56.7 Å². The molecule has 0 aliphatic carbocycles. The first-order chi connectivity index (χ1) is 12.1. The number of nitrogens with one attached hydrogen (secondary N) is 1. The van der Waals surface area contributed by atoms with Gasteiger partial charge in [-0.15, -0.1) is 0 Å². The van der Waals surface area contributed by atoms with Gasteiger partial charge in [0.15, 0.2) is 0 Å². The first-order valence-electron chi connectivity index (χ1n) is 9.33. The topological polar surface area (TPSA) is 79.0 Å². The van der Waals surface area contributed by atoms with Crippen molar-refractivity contribution < 1.29 is 9.53 Å². The Hall–Kier alpha value is -1.89. The molecule has 0 aromatic heterocycles. The van der Waals surface area contributed by atoms with Crippen LogP contribution in [0, 0.1) is 5.92 Å². The van der Waals surface area contributed by atoms with Crippen molar-refractivity contribution >= 4 is 17.3 Å². The van der Waals surface area contributed by atoms with Crippen LogP contribution >= 0.6 is 0 Å². The molecule has 138 valence electrons. The number of anilines is 2. The zero-order valence-electron chi connectivity index (χ0n) is 14.9. The maximum Gasteiger partial charge on any atom is 0.310 e. The normalized spacial score (nSPS) is 21.6. The molecule has 7 nitrogen and oxygen atoms in total. The van der Waals surface area contributed by atoms with E-state index in [0.717, 1.165) is 32.5 Å². The van der Waals surface area contributed by atoms with Crippen LogP contribution in [0.2, 0.25) is 0 Å². The molecule has 0 spiro atoms. The fourth-order valence-corrected chi connectivity index (χ4v) is 3.82. The number of esters is 1. The van der Waals surface area contributed by atoms with Gasteiger partial charge in [-0.25, -0.2) is 0 Å². The van der Waals surface area contributed by atoms with Crippen LogP contribution in [0.25, 0.3) is 0 Å². The molecule has 1 atom stereocenters. The number of rotatable bonds is 7. The van der Waals surface area contributed by atoms with Gasteiger partial charge in [-0.1, -0.05) is 0 Å². The van der Waals surface area contributed by atoms with E-state index in [0.29, 0.717) is 37.6 Å². The average molecular weight is 349 g/mol. The molecule has 7 heteroatoms. The standard InChI is InChI=1S/C18H27N3O4/c1-2-25-18(24)13-6-5-10-21(12-13)15-14(16(22)17(15)23)19-7-11-20-8-3-4-9-20/h13,19H,2-12H2,1H3/t13-/m1/s1. The van der Waals surface area contributed by atoms with Crippen molar-refractivity contribution in [1.82, 2.24) is 4.90 Å². The molecule has 1 aromatic carbocycles. The predicted octanol–water partition coefficient (Wildman–Crippen LogP) is 0.570. The number of hydrogen-bond acceptors (Lipinski definition) is 7. The van der Waals surface area contributed by atoms with Crippen molar-refractivity contribution in [2.45, 2.75) is 32.6 Å². The second kappa shape index (κ2) is 7.99. The molecule has 2 fully saturated rings. The maximum absolute atomic E-state index is 12.1. The van der Waals surface area contributed by atoms with Gasteiger partial charge in [-0.2, -0.15) is 0 Å². The fraction of sp³-hybridized carbons (Fsp3) is 0.722. The van der Waals surface area contributed by atoms with E-state index >= 15 is 0 Å². The Morgan fingerprint density at radius 1 is 1.16 bits per heavy atom. The van der Waals surface area contributed by atoms with Gasteiger partial charge in [-0.3, -0.25) is 14.4 Å². The molecule has 3 rings (SSSR count). The van der Waals surface area contributed by atoms with Gasteiger partial charge in [0.1, 0.15) is 11.4 Å². The summed E-state index contributed by atoms with van der Waals surface area (Å²) in [6.07, 6.45) is 4.04. The highest BCUT2D eigenvalue weighted by molar-refractivity contribution is 5.78.